The fraction of sp³-hybridized carbons (Fsp3) is 0.571. The molecule has 4 heteroatoms. The standard InChI is InChI=1S/C14H21N3O/c1-10(2)16-12-7-8-13(15-9-12)14(18)17-11-5-3-4-6-11/h7-11,16H,3-6H2,1-2H3,(H,17,18). The highest BCUT2D eigenvalue weighted by atomic mass is 16.1. The van der Waals surface area contributed by atoms with Gasteiger partial charge in [0.25, 0.3) is 5.91 Å². The van der Waals surface area contributed by atoms with Crippen molar-refractivity contribution in [1.82, 2.24) is 10.3 Å². The lowest BCUT2D eigenvalue weighted by Gasteiger charge is -2.12. The van der Waals surface area contributed by atoms with Gasteiger partial charge in [0.05, 0.1) is 11.9 Å². The molecule has 1 saturated carbocycles. The number of rotatable bonds is 4. The van der Waals surface area contributed by atoms with E-state index in [-0.39, 0.29) is 5.91 Å². The first-order valence-corrected chi connectivity index (χ1v) is 6.68. The molecular weight excluding hydrogens is 226 g/mol. The molecular formula is C14H21N3O. The molecule has 1 aromatic rings. The number of aromatic nitrogens is 1. The molecule has 1 aromatic heterocycles. The summed E-state index contributed by atoms with van der Waals surface area (Å²) in [7, 11) is 0. The average Bonchev–Trinajstić information content (AvgIpc) is 2.82. The Labute approximate surface area is 108 Å². The van der Waals surface area contributed by atoms with Gasteiger partial charge in [0.1, 0.15) is 5.69 Å². The smallest absolute Gasteiger partial charge is 0.270 e. The van der Waals surface area contributed by atoms with Gasteiger partial charge in [-0.25, -0.2) is 4.98 Å². The van der Waals surface area contributed by atoms with E-state index in [1.165, 1.54) is 12.8 Å². The first-order chi connectivity index (χ1) is 8.65. The Bertz CT molecular complexity index is 394. The Hall–Kier alpha value is -1.58. The highest BCUT2D eigenvalue weighted by Crippen LogP contribution is 2.18. The van der Waals surface area contributed by atoms with Gasteiger partial charge >= 0.3 is 0 Å². The van der Waals surface area contributed by atoms with Crippen LogP contribution < -0.4 is 10.6 Å². The number of anilines is 1. The third-order valence-electron chi connectivity index (χ3n) is 3.14. The van der Waals surface area contributed by atoms with Crippen molar-refractivity contribution in [2.75, 3.05) is 5.32 Å². The molecule has 2 N–H and O–H groups in total. The zero-order chi connectivity index (χ0) is 13.0. The molecule has 0 bridgehead atoms. The number of amides is 1. The van der Waals surface area contributed by atoms with Gasteiger partial charge in [-0.1, -0.05) is 12.8 Å². The van der Waals surface area contributed by atoms with Gasteiger partial charge < -0.3 is 10.6 Å². The first kappa shape index (κ1) is 12.9. The summed E-state index contributed by atoms with van der Waals surface area (Å²) in [6.07, 6.45) is 6.34. The van der Waals surface area contributed by atoms with Gasteiger partial charge in [0.2, 0.25) is 0 Å². The van der Waals surface area contributed by atoms with Crippen molar-refractivity contribution in [3.05, 3.63) is 24.0 Å². The van der Waals surface area contributed by atoms with E-state index in [1.807, 2.05) is 6.07 Å². The van der Waals surface area contributed by atoms with Crippen LogP contribution in [-0.4, -0.2) is 23.0 Å². The van der Waals surface area contributed by atoms with Gasteiger partial charge in [0.15, 0.2) is 0 Å². The average molecular weight is 247 g/mol. The van der Waals surface area contributed by atoms with Crippen molar-refractivity contribution in [2.24, 2.45) is 0 Å². The number of carbonyl (C=O) groups excluding carboxylic acids is 1. The van der Waals surface area contributed by atoms with Crippen LogP contribution in [0.1, 0.15) is 50.0 Å². The molecule has 2 rings (SSSR count). The summed E-state index contributed by atoms with van der Waals surface area (Å²) in [5, 5.41) is 6.28. The highest BCUT2D eigenvalue weighted by molar-refractivity contribution is 5.92. The van der Waals surface area contributed by atoms with E-state index in [2.05, 4.69) is 29.5 Å². The third kappa shape index (κ3) is 3.45. The molecule has 1 aliphatic rings. The van der Waals surface area contributed by atoms with Gasteiger partial charge in [-0.05, 0) is 38.8 Å². The predicted octanol–water partition coefficient (Wildman–Crippen LogP) is 2.57. The number of hydrogen-bond acceptors (Lipinski definition) is 3. The van der Waals surface area contributed by atoms with Crippen LogP contribution in [0, 0.1) is 0 Å². The maximum absolute atomic E-state index is 11.9. The lowest BCUT2D eigenvalue weighted by atomic mass is 10.2. The minimum atomic E-state index is -0.0574. The van der Waals surface area contributed by atoms with Crippen LogP contribution in [-0.2, 0) is 0 Å². The monoisotopic (exact) mass is 247 g/mol. The second kappa shape index (κ2) is 5.85. The SMILES string of the molecule is CC(C)Nc1ccc(C(=O)NC2CCCC2)nc1. The molecule has 1 fully saturated rings. The molecule has 0 aromatic carbocycles. The van der Waals surface area contributed by atoms with Crippen molar-refractivity contribution >= 4 is 11.6 Å². The van der Waals surface area contributed by atoms with Crippen LogP contribution in [0.2, 0.25) is 0 Å². The lowest BCUT2D eigenvalue weighted by molar-refractivity contribution is 0.0933. The van der Waals surface area contributed by atoms with Crippen molar-refractivity contribution < 1.29 is 4.79 Å². The predicted molar refractivity (Wildman–Crippen MR) is 72.7 cm³/mol. The minimum Gasteiger partial charge on any atom is -0.382 e. The Morgan fingerprint density at radius 3 is 2.61 bits per heavy atom. The van der Waals surface area contributed by atoms with Crippen LogP contribution in [0.3, 0.4) is 0 Å². The molecule has 1 amide bonds. The summed E-state index contributed by atoms with van der Waals surface area (Å²) in [6, 6.07) is 4.38. The van der Waals surface area contributed by atoms with E-state index in [0.29, 0.717) is 17.8 Å². The van der Waals surface area contributed by atoms with Crippen LogP contribution in [0.25, 0.3) is 0 Å². The number of nitrogens with one attached hydrogen (secondary N) is 2. The highest BCUT2D eigenvalue weighted by Gasteiger charge is 2.18. The Kier molecular flexibility index (Phi) is 4.18. The molecule has 0 spiro atoms. The summed E-state index contributed by atoms with van der Waals surface area (Å²) in [6.45, 7) is 4.14. The third-order valence-corrected chi connectivity index (χ3v) is 3.14. The topological polar surface area (TPSA) is 54.0 Å². The van der Waals surface area contributed by atoms with Crippen molar-refractivity contribution in [3.63, 3.8) is 0 Å². The Balaban J connectivity index is 1.93. The molecule has 98 valence electrons. The van der Waals surface area contributed by atoms with E-state index >= 15 is 0 Å². The zero-order valence-corrected chi connectivity index (χ0v) is 11.1. The normalized spacial score (nSPS) is 15.9. The maximum Gasteiger partial charge on any atom is 0.270 e. The minimum absolute atomic E-state index is 0.0574. The molecule has 4 nitrogen and oxygen atoms in total. The van der Waals surface area contributed by atoms with Crippen LogP contribution in [0.15, 0.2) is 18.3 Å². The fourth-order valence-corrected chi connectivity index (χ4v) is 2.28. The lowest BCUT2D eigenvalue weighted by Crippen LogP contribution is -2.33. The maximum atomic E-state index is 11.9. The van der Waals surface area contributed by atoms with Crippen molar-refractivity contribution in [2.45, 2.75) is 51.6 Å². The molecule has 0 saturated heterocycles. The second-order valence-electron chi connectivity index (χ2n) is 5.19. The summed E-state index contributed by atoms with van der Waals surface area (Å²) < 4.78 is 0. The number of nitrogens with zero attached hydrogens (tertiary/aromatic N) is 1. The van der Waals surface area contributed by atoms with E-state index < -0.39 is 0 Å². The van der Waals surface area contributed by atoms with Gasteiger partial charge in [-0.2, -0.15) is 0 Å². The Morgan fingerprint density at radius 2 is 2.06 bits per heavy atom. The van der Waals surface area contributed by atoms with Gasteiger partial charge in [-0.3, -0.25) is 4.79 Å². The zero-order valence-electron chi connectivity index (χ0n) is 11.1. The molecule has 0 radical (unpaired) electrons. The fourth-order valence-electron chi connectivity index (χ4n) is 2.28. The largest absolute Gasteiger partial charge is 0.382 e. The Morgan fingerprint density at radius 1 is 1.33 bits per heavy atom. The van der Waals surface area contributed by atoms with Gasteiger partial charge in [-0.15, -0.1) is 0 Å². The van der Waals surface area contributed by atoms with Crippen LogP contribution >= 0.6 is 0 Å². The molecule has 0 unspecified atom stereocenters. The second-order valence-corrected chi connectivity index (χ2v) is 5.19. The van der Waals surface area contributed by atoms with E-state index in [4.69, 9.17) is 0 Å². The number of pyridine rings is 1. The van der Waals surface area contributed by atoms with Crippen LogP contribution in [0.5, 0.6) is 0 Å². The van der Waals surface area contributed by atoms with Gasteiger partial charge in [0, 0.05) is 12.1 Å². The molecule has 0 aliphatic heterocycles. The van der Waals surface area contributed by atoms with E-state index in [1.54, 1.807) is 12.3 Å². The summed E-state index contributed by atoms with van der Waals surface area (Å²) in [5.74, 6) is -0.0574. The number of carbonyl (C=O) groups is 1. The van der Waals surface area contributed by atoms with Crippen molar-refractivity contribution in [3.8, 4) is 0 Å². The number of hydrogen-bond donors (Lipinski definition) is 2. The quantitative estimate of drug-likeness (QED) is 0.859. The summed E-state index contributed by atoms with van der Waals surface area (Å²) in [4.78, 5) is 16.1. The molecule has 1 heterocycles. The van der Waals surface area contributed by atoms with E-state index in [0.717, 1.165) is 18.5 Å². The van der Waals surface area contributed by atoms with E-state index in [9.17, 15) is 4.79 Å². The summed E-state index contributed by atoms with van der Waals surface area (Å²) in [5.41, 5.74) is 1.44. The molecule has 18 heavy (non-hydrogen) atoms. The van der Waals surface area contributed by atoms with Crippen LogP contribution in [0.4, 0.5) is 5.69 Å². The molecule has 0 atom stereocenters. The summed E-state index contributed by atoms with van der Waals surface area (Å²) >= 11 is 0. The van der Waals surface area contributed by atoms with Crippen molar-refractivity contribution in [1.29, 1.82) is 0 Å². The molecule has 1 aliphatic carbocycles. The first-order valence-electron chi connectivity index (χ1n) is 6.68.